The van der Waals surface area contributed by atoms with Crippen molar-refractivity contribution >= 4 is 23.4 Å². The molecule has 0 aliphatic carbocycles. The largest absolute Gasteiger partial charge is 0.416 e. The normalized spacial score (nSPS) is 11.7. The zero-order valence-corrected chi connectivity index (χ0v) is 12.3. The maximum absolute atomic E-state index is 12.7. The van der Waals surface area contributed by atoms with E-state index in [-0.39, 0.29) is 10.2 Å². The van der Waals surface area contributed by atoms with Crippen LogP contribution in [0.1, 0.15) is 16.7 Å². The smallest absolute Gasteiger partial charge is 0.229 e. The third-order valence-electron chi connectivity index (χ3n) is 2.64. The van der Waals surface area contributed by atoms with Crippen LogP contribution in [-0.4, -0.2) is 4.98 Å². The van der Waals surface area contributed by atoms with Crippen molar-refractivity contribution in [3.63, 3.8) is 0 Å². The molecular weight excluding hydrogens is 307 g/mol. The molecule has 1 heterocycles. The molecule has 0 radical (unpaired) electrons. The van der Waals surface area contributed by atoms with Gasteiger partial charge < -0.3 is 0 Å². The lowest BCUT2D eigenvalue weighted by atomic mass is 10.2. The van der Waals surface area contributed by atoms with Crippen molar-refractivity contribution in [1.82, 2.24) is 4.98 Å². The van der Waals surface area contributed by atoms with Crippen LogP contribution < -0.4 is 0 Å². The van der Waals surface area contributed by atoms with E-state index in [0.717, 1.165) is 28.2 Å². The summed E-state index contributed by atoms with van der Waals surface area (Å²) in [4.78, 5) is 4.79. The Morgan fingerprint density at radius 3 is 2.40 bits per heavy atom. The van der Waals surface area contributed by atoms with Crippen molar-refractivity contribution in [1.29, 1.82) is 0 Å². The Kier molecular flexibility index (Phi) is 4.30. The first-order valence-corrected chi connectivity index (χ1v) is 6.95. The fraction of sp³-hybridized carbons (Fsp3) is 0.214. The van der Waals surface area contributed by atoms with Crippen LogP contribution in [-0.2, 0) is 6.18 Å². The third kappa shape index (κ3) is 3.67. The molecule has 0 saturated carbocycles. The second-order valence-electron chi connectivity index (χ2n) is 4.39. The maximum atomic E-state index is 12.7. The molecule has 1 aromatic heterocycles. The van der Waals surface area contributed by atoms with Crippen LogP contribution in [0.2, 0.25) is 5.15 Å². The van der Waals surface area contributed by atoms with Crippen LogP contribution in [0.25, 0.3) is 0 Å². The van der Waals surface area contributed by atoms with Gasteiger partial charge >= 0.3 is 6.18 Å². The van der Waals surface area contributed by atoms with E-state index in [1.807, 2.05) is 32.0 Å². The minimum absolute atomic E-state index is 0.160. The van der Waals surface area contributed by atoms with Gasteiger partial charge in [0, 0.05) is 4.90 Å². The molecule has 2 aromatic rings. The number of pyridine rings is 1. The molecule has 20 heavy (non-hydrogen) atoms. The van der Waals surface area contributed by atoms with E-state index in [1.54, 1.807) is 0 Å². The Labute approximate surface area is 124 Å². The first-order valence-electron chi connectivity index (χ1n) is 5.75. The Morgan fingerprint density at radius 1 is 1.10 bits per heavy atom. The van der Waals surface area contributed by atoms with Gasteiger partial charge in [-0.3, -0.25) is 0 Å². The average molecular weight is 318 g/mol. The summed E-state index contributed by atoms with van der Waals surface area (Å²) >= 11 is 6.83. The van der Waals surface area contributed by atoms with E-state index >= 15 is 0 Å². The molecular formula is C14H11ClF3NS. The predicted octanol–water partition coefficient (Wildman–Crippen LogP) is 5.52. The summed E-state index contributed by atoms with van der Waals surface area (Å²) in [5.74, 6) is 0. The third-order valence-corrected chi connectivity index (χ3v) is 3.93. The van der Waals surface area contributed by atoms with Crippen molar-refractivity contribution in [3.8, 4) is 0 Å². The Bertz CT molecular complexity index is 641. The number of alkyl halides is 3. The molecule has 1 aromatic carbocycles. The number of halogens is 4. The molecule has 0 spiro atoms. The van der Waals surface area contributed by atoms with Gasteiger partial charge in [-0.05, 0) is 37.6 Å². The molecule has 0 aliphatic heterocycles. The lowest BCUT2D eigenvalue weighted by Crippen LogP contribution is -2.05. The summed E-state index contributed by atoms with van der Waals surface area (Å²) in [6.45, 7) is 3.87. The van der Waals surface area contributed by atoms with Gasteiger partial charge in [0.25, 0.3) is 0 Å². The van der Waals surface area contributed by atoms with Crippen LogP contribution in [0.4, 0.5) is 13.2 Å². The molecule has 0 unspecified atom stereocenters. The van der Waals surface area contributed by atoms with Crippen molar-refractivity contribution in [2.75, 3.05) is 0 Å². The van der Waals surface area contributed by atoms with E-state index in [1.165, 1.54) is 11.8 Å². The molecule has 0 N–H and O–H groups in total. The highest BCUT2D eigenvalue weighted by Crippen LogP contribution is 2.36. The molecule has 0 fully saturated rings. The van der Waals surface area contributed by atoms with E-state index in [9.17, 15) is 13.2 Å². The monoisotopic (exact) mass is 317 g/mol. The molecule has 0 saturated heterocycles. The predicted molar refractivity (Wildman–Crippen MR) is 74.3 cm³/mol. The number of aromatic nitrogens is 1. The molecule has 106 valence electrons. The van der Waals surface area contributed by atoms with Crippen molar-refractivity contribution in [3.05, 3.63) is 52.2 Å². The van der Waals surface area contributed by atoms with Gasteiger partial charge in [0.2, 0.25) is 0 Å². The molecule has 0 bridgehead atoms. The number of benzene rings is 1. The molecule has 0 atom stereocenters. The molecule has 0 amide bonds. The van der Waals surface area contributed by atoms with Gasteiger partial charge in [0.1, 0.15) is 10.2 Å². The Hall–Kier alpha value is -1.20. The van der Waals surface area contributed by atoms with Crippen molar-refractivity contribution in [2.24, 2.45) is 0 Å². The van der Waals surface area contributed by atoms with Crippen LogP contribution in [0.3, 0.4) is 0 Å². The SMILES string of the molecule is Cc1ccc(Sc2cc(C(F)(F)F)cc(Cl)n2)c(C)c1. The van der Waals surface area contributed by atoms with Crippen LogP contribution in [0.15, 0.2) is 40.3 Å². The fourth-order valence-electron chi connectivity index (χ4n) is 1.72. The first-order chi connectivity index (χ1) is 9.25. The van der Waals surface area contributed by atoms with Crippen LogP contribution in [0, 0.1) is 13.8 Å². The first kappa shape index (κ1) is 15.2. The minimum Gasteiger partial charge on any atom is -0.229 e. The van der Waals surface area contributed by atoms with Crippen LogP contribution >= 0.6 is 23.4 Å². The van der Waals surface area contributed by atoms with Gasteiger partial charge in [0.05, 0.1) is 5.56 Å². The lowest BCUT2D eigenvalue weighted by molar-refractivity contribution is -0.137. The molecule has 1 nitrogen and oxygen atoms in total. The van der Waals surface area contributed by atoms with E-state index in [0.29, 0.717) is 0 Å². The zero-order valence-electron chi connectivity index (χ0n) is 10.8. The standard InChI is InChI=1S/C14H11ClF3NS/c1-8-3-4-11(9(2)5-8)20-13-7-10(14(16,17)18)6-12(15)19-13/h3-7H,1-2H3. The highest BCUT2D eigenvalue weighted by atomic mass is 35.5. The Morgan fingerprint density at radius 2 is 1.80 bits per heavy atom. The summed E-state index contributed by atoms with van der Waals surface area (Å²) in [6, 6.07) is 7.58. The quantitative estimate of drug-likeness (QED) is 0.676. The highest BCUT2D eigenvalue weighted by Gasteiger charge is 2.31. The van der Waals surface area contributed by atoms with Crippen LogP contribution in [0.5, 0.6) is 0 Å². The molecule has 0 aliphatic rings. The average Bonchev–Trinajstić information content (AvgIpc) is 2.31. The number of nitrogens with zero attached hydrogens (tertiary/aromatic N) is 1. The maximum Gasteiger partial charge on any atom is 0.416 e. The second-order valence-corrected chi connectivity index (χ2v) is 5.84. The summed E-state index contributed by atoms with van der Waals surface area (Å²) < 4.78 is 38.2. The molecule has 6 heteroatoms. The highest BCUT2D eigenvalue weighted by molar-refractivity contribution is 7.99. The number of hydrogen-bond donors (Lipinski definition) is 0. The van der Waals surface area contributed by atoms with Gasteiger partial charge in [-0.2, -0.15) is 13.2 Å². The molecule has 2 rings (SSSR count). The topological polar surface area (TPSA) is 12.9 Å². The van der Waals surface area contributed by atoms with E-state index < -0.39 is 11.7 Å². The minimum atomic E-state index is -4.43. The Balaban J connectivity index is 2.36. The summed E-state index contributed by atoms with van der Waals surface area (Å²) in [5, 5.41) is 0.0730. The van der Waals surface area contributed by atoms with Gasteiger partial charge in [0.15, 0.2) is 0 Å². The second kappa shape index (κ2) is 5.66. The fourth-order valence-corrected chi connectivity index (χ4v) is 2.89. The number of aryl methyl sites for hydroxylation is 2. The van der Waals surface area contributed by atoms with Gasteiger partial charge in [-0.25, -0.2) is 4.98 Å². The summed E-state index contributed by atoms with van der Waals surface area (Å²) in [5.41, 5.74) is 1.30. The van der Waals surface area contributed by atoms with Gasteiger partial charge in [-0.15, -0.1) is 0 Å². The van der Waals surface area contributed by atoms with Gasteiger partial charge in [-0.1, -0.05) is 41.1 Å². The lowest BCUT2D eigenvalue weighted by Gasteiger charge is -2.10. The van der Waals surface area contributed by atoms with E-state index in [2.05, 4.69) is 4.98 Å². The summed E-state index contributed by atoms with van der Waals surface area (Å²) in [6.07, 6.45) is -4.43. The van der Waals surface area contributed by atoms with Crippen molar-refractivity contribution in [2.45, 2.75) is 29.9 Å². The summed E-state index contributed by atoms with van der Waals surface area (Å²) in [7, 11) is 0. The van der Waals surface area contributed by atoms with E-state index in [4.69, 9.17) is 11.6 Å². The number of rotatable bonds is 2. The zero-order chi connectivity index (χ0) is 14.9. The number of hydrogen-bond acceptors (Lipinski definition) is 2. The van der Waals surface area contributed by atoms with Crippen molar-refractivity contribution < 1.29 is 13.2 Å².